The van der Waals surface area contributed by atoms with Crippen LogP contribution < -0.4 is 10.5 Å². The molecule has 0 radical (unpaired) electrons. The normalized spacial score (nSPS) is 32.5. The lowest BCUT2D eigenvalue weighted by molar-refractivity contribution is -0.140. The standard InChI is InChI=1S/C29H38N4O4/c1-3-19-9-8-18(2)12-20(13-19)32-22-14-21(15-23(32)17-37-16-22)33-25-7-5-4-6-24(25)30-27(28(33)34)31-11-10-26(31)29(35)36/h4-8,19-23,26H,3,9-17H2,1-2H3,(H,35,36). The van der Waals surface area contributed by atoms with Crippen molar-refractivity contribution in [3.8, 4) is 0 Å². The van der Waals surface area contributed by atoms with E-state index in [0.29, 0.717) is 32.2 Å². The molecular formula is C29H38N4O4. The quantitative estimate of drug-likeness (QED) is 0.614. The molecule has 4 aliphatic rings. The monoisotopic (exact) mass is 506 g/mol. The third-order valence-corrected chi connectivity index (χ3v) is 9.23. The zero-order valence-corrected chi connectivity index (χ0v) is 21.9. The number of anilines is 1. The summed E-state index contributed by atoms with van der Waals surface area (Å²) in [7, 11) is 0. The van der Waals surface area contributed by atoms with E-state index in [-0.39, 0.29) is 29.5 Å². The van der Waals surface area contributed by atoms with Gasteiger partial charge in [0, 0.05) is 30.7 Å². The average Bonchev–Trinajstić information content (AvgIpc) is 3.03. The zero-order valence-electron chi connectivity index (χ0n) is 21.9. The number of morpholine rings is 1. The van der Waals surface area contributed by atoms with Crippen LogP contribution in [0.3, 0.4) is 0 Å². The first-order valence-corrected chi connectivity index (χ1v) is 14.0. The van der Waals surface area contributed by atoms with E-state index < -0.39 is 12.0 Å². The molecule has 198 valence electrons. The molecule has 5 atom stereocenters. The fourth-order valence-electron chi connectivity index (χ4n) is 7.26. The number of ether oxygens (including phenoxy) is 1. The molecule has 1 aliphatic carbocycles. The highest BCUT2D eigenvalue weighted by atomic mass is 16.5. The largest absolute Gasteiger partial charge is 0.480 e. The lowest BCUT2D eigenvalue weighted by atomic mass is 9.84. The molecule has 2 aromatic rings. The fraction of sp³-hybridized carbons (Fsp3) is 0.621. The number of aliphatic carboxylic acids is 1. The summed E-state index contributed by atoms with van der Waals surface area (Å²) < 4.78 is 8.01. The molecule has 3 fully saturated rings. The highest BCUT2D eigenvalue weighted by Crippen LogP contribution is 2.40. The number of hydrogen-bond acceptors (Lipinski definition) is 6. The number of carboxylic acid groups (broad SMARTS) is 1. The van der Waals surface area contributed by atoms with Crippen LogP contribution in [0.2, 0.25) is 0 Å². The summed E-state index contributed by atoms with van der Waals surface area (Å²) in [5.74, 6) is 0.0941. The van der Waals surface area contributed by atoms with E-state index in [1.807, 2.05) is 28.8 Å². The number of carbonyl (C=O) groups is 1. The van der Waals surface area contributed by atoms with Crippen molar-refractivity contribution in [3.63, 3.8) is 0 Å². The SMILES string of the molecule is CCC1CC=C(C)CC(N2C3COCC2CC(n2c(=O)c(N4CCC4C(=O)O)nc4ccccc42)C3)C1. The molecule has 6 rings (SSSR count). The van der Waals surface area contributed by atoms with Crippen molar-refractivity contribution >= 4 is 22.8 Å². The Labute approximate surface area is 217 Å². The molecule has 5 unspecified atom stereocenters. The van der Waals surface area contributed by atoms with Crippen LogP contribution in [0.1, 0.15) is 64.8 Å². The number of para-hydroxylation sites is 2. The number of allylic oxidation sites excluding steroid dienone is 1. The summed E-state index contributed by atoms with van der Waals surface area (Å²) in [6.07, 6.45) is 9.39. The second-order valence-corrected chi connectivity index (χ2v) is 11.5. The Hall–Kier alpha value is -2.71. The summed E-state index contributed by atoms with van der Waals surface area (Å²) >= 11 is 0. The number of aromatic nitrogens is 2. The van der Waals surface area contributed by atoms with E-state index in [0.717, 1.165) is 36.2 Å². The molecule has 1 N–H and O–H groups in total. The van der Waals surface area contributed by atoms with Gasteiger partial charge in [0.1, 0.15) is 6.04 Å². The van der Waals surface area contributed by atoms with Gasteiger partial charge in [0.05, 0.1) is 24.2 Å². The van der Waals surface area contributed by atoms with Crippen LogP contribution in [0.15, 0.2) is 40.7 Å². The molecule has 3 aliphatic heterocycles. The highest BCUT2D eigenvalue weighted by molar-refractivity contribution is 5.81. The van der Waals surface area contributed by atoms with Crippen LogP contribution in [-0.2, 0) is 9.53 Å². The number of benzene rings is 1. The third kappa shape index (κ3) is 4.38. The minimum Gasteiger partial charge on any atom is -0.480 e. The smallest absolute Gasteiger partial charge is 0.326 e. The lowest BCUT2D eigenvalue weighted by Gasteiger charge is -2.52. The summed E-state index contributed by atoms with van der Waals surface area (Å²) in [5.41, 5.74) is 2.90. The molecular weight excluding hydrogens is 468 g/mol. The van der Waals surface area contributed by atoms with Crippen LogP contribution in [-0.4, -0.2) is 69.5 Å². The van der Waals surface area contributed by atoms with Gasteiger partial charge in [0.2, 0.25) is 0 Å². The van der Waals surface area contributed by atoms with E-state index in [9.17, 15) is 14.7 Å². The number of carboxylic acids is 1. The van der Waals surface area contributed by atoms with Crippen LogP contribution in [0, 0.1) is 5.92 Å². The topological polar surface area (TPSA) is 87.9 Å². The molecule has 2 bridgehead atoms. The Morgan fingerprint density at radius 1 is 1.11 bits per heavy atom. The number of fused-ring (bicyclic) bond motifs is 3. The Morgan fingerprint density at radius 3 is 2.54 bits per heavy atom. The predicted octanol–water partition coefficient (Wildman–Crippen LogP) is 3.99. The Bertz CT molecular complexity index is 1260. The van der Waals surface area contributed by atoms with E-state index in [4.69, 9.17) is 4.74 Å². The van der Waals surface area contributed by atoms with Crippen molar-refractivity contribution in [2.75, 3.05) is 24.7 Å². The van der Waals surface area contributed by atoms with Crippen molar-refractivity contribution in [2.45, 2.75) is 89.0 Å². The van der Waals surface area contributed by atoms with Gasteiger partial charge in [0.15, 0.2) is 5.82 Å². The second-order valence-electron chi connectivity index (χ2n) is 11.5. The molecule has 8 nitrogen and oxygen atoms in total. The summed E-state index contributed by atoms with van der Waals surface area (Å²) in [5, 5.41) is 9.62. The number of nitrogens with zero attached hydrogens (tertiary/aromatic N) is 4. The minimum absolute atomic E-state index is 0.0308. The van der Waals surface area contributed by atoms with Gasteiger partial charge >= 0.3 is 5.97 Å². The van der Waals surface area contributed by atoms with Gasteiger partial charge in [-0.1, -0.05) is 37.1 Å². The molecule has 1 aromatic heterocycles. The zero-order chi connectivity index (χ0) is 25.7. The molecule has 3 saturated heterocycles. The first kappa shape index (κ1) is 24.6. The van der Waals surface area contributed by atoms with Crippen molar-refractivity contribution < 1.29 is 14.6 Å². The van der Waals surface area contributed by atoms with Crippen molar-refractivity contribution in [1.29, 1.82) is 0 Å². The van der Waals surface area contributed by atoms with E-state index >= 15 is 0 Å². The maximum atomic E-state index is 14.0. The Balaban J connectivity index is 1.36. The molecule has 4 heterocycles. The summed E-state index contributed by atoms with van der Waals surface area (Å²) in [6.45, 7) is 6.51. The lowest BCUT2D eigenvalue weighted by Crippen LogP contribution is -2.61. The Morgan fingerprint density at radius 2 is 1.86 bits per heavy atom. The predicted molar refractivity (Wildman–Crippen MR) is 143 cm³/mol. The van der Waals surface area contributed by atoms with Gasteiger partial charge in [-0.3, -0.25) is 9.69 Å². The molecule has 0 amide bonds. The highest BCUT2D eigenvalue weighted by Gasteiger charge is 2.45. The first-order valence-electron chi connectivity index (χ1n) is 14.0. The minimum atomic E-state index is -0.898. The molecule has 0 saturated carbocycles. The van der Waals surface area contributed by atoms with Gasteiger partial charge in [-0.2, -0.15) is 0 Å². The van der Waals surface area contributed by atoms with Crippen molar-refractivity contribution in [1.82, 2.24) is 14.5 Å². The number of rotatable bonds is 5. The number of hydrogen-bond donors (Lipinski definition) is 1. The second kappa shape index (κ2) is 9.87. The van der Waals surface area contributed by atoms with Crippen molar-refractivity contribution in [3.05, 3.63) is 46.3 Å². The first-order chi connectivity index (χ1) is 17.9. The van der Waals surface area contributed by atoms with Crippen LogP contribution in [0.4, 0.5) is 5.82 Å². The molecule has 0 spiro atoms. The van der Waals surface area contributed by atoms with Crippen molar-refractivity contribution in [2.24, 2.45) is 5.92 Å². The molecule has 8 heteroatoms. The number of piperidine rings is 1. The Kier molecular flexibility index (Phi) is 6.57. The fourth-order valence-corrected chi connectivity index (χ4v) is 7.26. The van der Waals surface area contributed by atoms with Gasteiger partial charge in [0.25, 0.3) is 5.56 Å². The van der Waals surface area contributed by atoms with Gasteiger partial charge < -0.3 is 19.3 Å². The van der Waals surface area contributed by atoms with Crippen LogP contribution in [0.25, 0.3) is 11.0 Å². The average molecular weight is 507 g/mol. The van der Waals surface area contributed by atoms with E-state index in [1.54, 1.807) is 4.90 Å². The van der Waals surface area contributed by atoms with Crippen LogP contribution >= 0.6 is 0 Å². The summed E-state index contributed by atoms with van der Waals surface area (Å²) in [6, 6.07) is 8.18. The van der Waals surface area contributed by atoms with E-state index in [1.165, 1.54) is 24.8 Å². The maximum Gasteiger partial charge on any atom is 0.326 e. The summed E-state index contributed by atoms with van der Waals surface area (Å²) in [4.78, 5) is 34.8. The third-order valence-electron chi connectivity index (χ3n) is 9.23. The van der Waals surface area contributed by atoms with Gasteiger partial charge in [-0.25, -0.2) is 9.78 Å². The molecule has 37 heavy (non-hydrogen) atoms. The molecule has 1 aromatic carbocycles. The van der Waals surface area contributed by atoms with E-state index in [2.05, 4.69) is 29.8 Å². The van der Waals surface area contributed by atoms with Crippen LogP contribution in [0.5, 0.6) is 0 Å². The van der Waals surface area contributed by atoms with Gasteiger partial charge in [-0.05, 0) is 63.5 Å². The van der Waals surface area contributed by atoms with Gasteiger partial charge in [-0.15, -0.1) is 0 Å². The maximum absolute atomic E-state index is 14.0.